The summed E-state index contributed by atoms with van der Waals surface area (Å²) in [5, 5.41) is 3.94. The molecule has 0 saturated carbocycles. The topological polar surface area (TPSA) is 96.6 Å². The van der Waals surface area contributed by atoms with Gasteiger partial charge in [0.05, 0.1) is 18.5 Å². The predicted octanol–water partition coefficient (Wildman–Crippen LogP) is 2.55. The van der Waals surface area contributed by atoms with Crippen LogP contribution in [0, 0.1) is 0 Å². The molecule has 0 aliphatic rings. The molecule has 152 valence electrons. The minimum absolute atomic E-state index is 0.0649. The number of carbonyl (C=O) groups excluding carboxylic acids is 1. The molecule has 29 heavy (non-hydrogen) atoms. The Labute approximate surface area is 169 Å². The lowest BCUT2D eigenvalue weighted by Gasteiger charge is -2.30. The first kappa shape index (κ1) is 20.5. The van der Waals surface area contributed by atoms with Crippen LogP contribution < -0.4 is 4.31 Å². The first-order valence-corrected chi connectivity index (χ1v) is 10.8. The van der Waals surface area contributed by atoms with Gasteiger partial charge in [-0.15, -0.1) is 0 Å². The van der Waals surface area contributed by atoms with E-state index in [1.54, 1.807) is 44.3 Å². The fraction of sp³-hybridized carbons (Fsp3) is 0.250. The Morgan fingerprint density at radius 1 is 1.07 bits per heavy atom. The van der Waals surface area contributed by atoms with Gasteiger partial charge in [-0.25, -0.2) is 8.42 Å². The minimum Gasteiger partial charge on any atom is -0.337 e. The third-order valence-corrected chi connectivity index (χ3v) is 5.57. The second-order valence-corrected chi connectivity index (χ2v) is 8.50. The highest BCUT2D eigenvalue weighted by Crippen LogP contribution is 2.22. The van der Waals surface area contributed by atoms with Crippen LogP contribution in [-0.2, 0) is 21.4 Å². The second kappa shape index (κ2) is 8.44. The smallest absolute Gasteiger partial charge is 0.246 e. The molecule has 0 aliphatic heterocycles. The molecule has 0 radical (unpaired) electrons. The predicted molar refractivity (Wildman–Crippen MR) is 109 cm³/mol. The summed E-state index contributed by atoms with van der Waals surface area (Å²) >= 11 is 0. The van der Waals surface area contributed by atoms with E-state index in [0.29, 0.717) is 11.5 Å². The minimum atomic E-state index is -3.67. The zero-order chi connectivity index (χ0) is 21.0. The number of amides is 1. The van der Waals surface area contributed by atoms with Crippen LogP contribution in [0.25, 0.3) is 11.4 Å². The molecule has 1 heterocycles. The maximum absolute atomic E-state index is 12.9. The fourth-order valence-electron chi connectivity index (χ4n) is 3.00. The van der Waals surface area contributed by atoms with E-state index in [9.17, 15) is 13.2 Å². The van der Waals surface area contributed by atoms with E-state index in [2.05, 4.69) is 10.1 Å². The number of rotatable bonds is 7. The molecule has 0 bridgehead atoms. The third-order valence-electron chi connectivity index (χ3n) is 4.33. The number of para-hydroxylation sites is 1. The number of nitrogens with zero attached hydrogens (tertiary/aromatic N) is 4. The highest BCUT2D eigenvalue weighted by molar-refractivity contribution is 7.92. The lowest BCUT2D eigenvalue weighted by Crippen LogP contribution is -2.48. The maximum Gasteiger partial charge on any atom is 0.246 e. The first-order valence-electron chi connectivity index (χ1n) is 8.95. The van der Waals surface area contributed by atoms with Crippen LogP contribution in [0.2, 0.25) is 0 Å². The molecular weight excluding hydrogens is 392 g/mol. The molecule has 9 heteroatoms. The molecule has 2 aromatic carbocycles. The van der Waals surface area contributed by atoms with E-state index in [0.717, 1.165) is 16.1 Å². The van der Waals surface area contributed by atoms with E-state index in [-0.39, 0.29) is 12.4 Å². The number of sulfonamides is 1. The van der Waals surface area contributed by atoms with Gasteiger partial charge in [-0.2, -0.15) is 4.98 Å². The SMILES string of the molecule is C[C@H](C(=O)N(C)Cc1nc(-c2ccccc2)no1)N(c1ccccc1)S(C)(=O)=O. The van der Waals surface area contributed by atoms with E-state index in [1.807, 2.05) is 30.3 Å². The van der Waals surface area contributed by atoms with Crippen LogP contribution in [-0.4, -0.2) is 48.7 Å². The fourth-order valence-corrected chi connectivity index (χ4v) is 4.17. The summed E-state index contributed by atoms with van der Waals surface area (Å²) in [4.78, 5) is 18.6. The quantitative estimate of drug-likeness (QED) is 0.589. The van der Waals surface area contributed by atoms with Gasteiger partial charge in [-0.05, 0) is 19.1 Å². The van der Waals surface area contributed by atoms with Gasteiger partial charge in [-0.1, -0.05) is 53.7 Å². The van der Waals surface area contributed by atoms with Gasteiger partial charge in [0.1, 0.15) is 6.04 Å². The van der Waals surface area contributed by atoms with Crippen molar-refractivity contribution < 1.29 is 17.7 Å². The normalized spacial score (nSPS) is 12.4. The van der Waals surface area contributed by atoms with E-state index in [4.69, 9.17) is 4.52 Å². The van der Waals surface area contributed by atoms with Crippen LogP contribution in [0.3, 0.4) is 0 Å². The van der Waals surface area contributed by atoms with Crippen LogP contribution in [0.1, 0.15) is 12.8 Å². The Kier molecular flexibility index (Phi) is 5.97. The third kappa shape index (κ3) is 4.80. The molecule has 0 spiro atoms. The van der Waals surface area contributed by atoms with Crippen molar-refractivity contribution in [2.24, 2.45) is 0 Å². The van der Waals surface area contributed by atoms with Crippen molar-refractivity contribution in [3.8, 4) is 11.4 Å². The molecule has 8 nitrogen and oxygen atoms in total. The summed E-state index contributed by atoms with van der Waals surface area (Å²) in [6.07, 6.45) is 1.08. The van der Waals surface area contributed by atoms with Crippen molar-refractivity contribution in [3.63, 3.8) is 0 Å². The number of hydrogen-bond acceptors (Lipinski definition) is 6. The summed E-state index contributed by atoms with van der Waals surface area (Å²) < 4.78 is 31.0. The van der Waals surface area contributed by atoms with Crippen molar-refractivity contribution in [1.29, 1.82) is 0 Å². The van der Waals surface area contributed by atoms with E-state index >= 15 is 0 Å². The Balaban J connectivity index is 1.76. The van der Waals surface area contributed by atoms with Crippen LogP contribution in [0.4, 0.5) is 5.69 Å². The van der Waals surface area contributed by atoms with Gasteiger partial charge in [-0.3, -0.25) is 9.10 Å². The molecule has 3 rings (SSSR count). The number of anilines is 1. The highest BCUT2D eigenvalue weighted by Gasteiger charge is 2.31. The molecule has 1 atom stereocenters. The maximum atomic E-state index is 12.9. The largest absolute Gasteiger partial charge is 0.337 e. The average Bonchev–Trinajstić information content (AvgIpc) is 3.16. The van der Waals surface area contributed by atoms with E-state index < -0.39 is 22.0 Å². The lowest BCUT2D eigenvalue weighted by atomic mass is 10.2. The summed E-state index contributed by atoms with van der Waals surface area (Å²) in [7, 11) is -2.10. The Bertz CT molecular complexity index is 1070. The molecule has 0 saturated heterocycles. The van der Waals surface area contributed by atoms with Crippen LogP contribution in [0.5, 0.6) is 0 Å². The van der Waals surface area contributed by atoms with Gasteiger partial charge >= 0.3 is 0 Å². The van der Waals surface area contributed by atoms with Gasteiger partial charge in [0.25, 0.3) is 0 Å². The summed E-state index contributed by atoms with van der Waals surface area (Å²) in [5.41, 5.74) is 1.23. The highest BCUT2D eigenvalue weighted by atomic mass is 32.2. The second-order valence-electron chi connectivity index (χ2n) is 6.64. The molecular formula is C20H22N4O4S. The van der Waals surface area contributed by atoms with Crippen molar-refractivity contribution in [2.45, 2.75) is 19.5 Å². The van der Waals surface area contributed by atoms with Crippen molar-refractivity contribution in [1.82, 2.24) is 15.0 Å². The van der Waals surface area contributed by atoms with Crippen molar-refractivity contribution in [2.75, 3.05) is 17.6 Å². The van der Waals surface area contributed by atoms with Gasteiger partial charge < -0.3 is 9.42 Å². The number of likely N-dealkylation sites (N-methyl/N-ethyl adjacent to an activating group) is 1. The summed E-state index contributed by atoms with van der Waals surface area (Å²) in [5.74, 6) is 0.299. The van der Waals surface area contributed by atoms with Crippen molar-refractivity contribution >= 4 is 21.6 Å². The summed E-state index contributed by atoms with van der Waals surface area (Å²) in [6, 6.07) is 16.9. The van der Waals surface area contributed by atoms with Gasteiger partial charge in [0.2, 0.25) is 27.6 Å². The number of hydrogen-bond donors (Lipinski definition) is 0. The molecule has 1 amide bonds. The standard InChI is InChI=1S/C20H22N4O4S/c1-15(24(29(3,26)27)17-12-8-5-9-13-17)20(25)23(2)14-18-21-19(22-28-18)16-10-6-4-7-11-16/h4-13,15H,14H2,1-3H3/t15-/m1/s1. The average molecular weight is 414 g/mol. The van der Waals surface area contributed by atoms with Gasteiger partial charge in [0.15, 0.2) is 0 Å². The monoisotopic (exact) mass is 414 g/mol. The van der Waals surface area contributed by atoms with Crippen LogP contribution >= 0.6 is 0 Å². The molecule has 0 unspecified atom stereocenters. The lowest BCUT2D eigenvalue weighted by molar-refractivity contribution is -0.131. The Morgan fingerprint density at radius 3 is 2.24 bits per heavy atom. The summed E-state index contributed by atoms with van der Waals surface area (Å²) in [6.45, 7) is 1.62. The molecule has 3 aromatic rings. The zero-order valence-corrected chi connectivity index (χ0v) is 17.2. The Hall–Kier alpha value is -3.20. The van der Waals surface area contributed by atoms with E-state index in [1.165, 1.54) is 4.90 Å². The Morgan fingerprint density at radius 2 is 1.66 bits per heavy atom. The molecule has 0 aliphatic carbocycles. The molecule has 1 aromatic heterocycles. The van der Waals surface area contributed by atoms with Crippen LogP contribution in [0.15, 0.2) is 65.2 Å². The number of carbonyl (C=O) groups is 1. The molecule has 0 fully saturated rings. The molecule has 0 N–H and O–H groups in total. The zero-order valence-electron chi connectivity index (χ0n) is 16.4. The first-order chi connectivity index (χ1) is 13.8. The number of benzene rings is 2. The number of aromatic nitrogens is 2. The van der Waals surface area contributed by atoms with Crippen molar-refractivity contribution in [3.05, 3.63) is 66.6 Å². The van der Waals surface area contributed by atoms with Gasteiger partial charge in [0, 0.05) is 12.6 Å².